The minimum Gasteiger partial charge on any atom is -0.395 e. The Morgan fingerprint density at radius 1 is 1.29 bits per heavy atom. The standard InChI is InChI=1S/C17H17NO2S/c1-13-7-3-4-9-15(13)18(2)17(20)16-11-10-14(21-16)8-5-6-12-19/h3-4,7,9-11,19H,6,12H2,1-2H3. The van der Waals surface area contributed by atoms with Gasteiger partial charge in [0, 0.05) is 19.2 Å². The highest BCUT2D eigenvalue weighted by Gasteiger charge is 2.16. The maximum absolute atomic E-state index is 12.5. The number of nitrogens with zero attached hydrogens (tertiary/aromatic N) is 1. The van der Waals surface area contributed by atoms with E-state index in [1.54, 1.807) is 18.0 Å². The molecule has 0 saturated carbocycles. The third-order valence-corrected chi connectivity index (χ3v) is 4.04. The molecule has 0 atom stereocenters. The molecular formula is C17H17NO2S. The number of carbonyl (C=O) groups is 1. The van der Waals surface area contributed by atoms with Crippen LogP contribution >= 0.6 is 11.3 Å². The van der Waals surface area contributed by atoms with E-state index < -0.39 is 0 Å². The van der Waals surface area contributed by atoms with Gasteiger partial charge in [0.05, 0.1) is 16.4 Å². The number of thiophene rings is 1. The van der Waals surface area contributed by atoms with Gasteiger partial charge in [-0.15, -0.1) is 11.3 Å². The molecule has 21 heavy (non-hydrogen) atoms. The van der Waals surface area contributed by atoms with Crippen LogP contribution in [0.5, 0.6) is 0 Å². The highest BCUT2D eigenvalue weighted by Crippen LogP contribution is 2.23. The number of aryl methyl sites for hydroxylation is 1. The van der Waals surface area contributed by atoms with Crippen molar-refractivity contribution >= 4 is 22.9 Å². The van der Waals surface area contributed by atoms with Gasteiger partial charge in [-0.25, -0.2) is 0 Å². The van der Waals surface area contributed by atoms with Crippen molar-refractivity contribution in [3.8, 4) is 11.8 Å². The van der Waals surface area contributed by atoms with Gasteiger partial charge in [0.25, 0.3) is 5.91 Å². The number of hydrogen-bond donors (Lipinski definition) is 1. The molecule has 2 rings (SSSR count). The quantitative estimate of drug-likeness (QED) is 0.885. The predicted octanol–water partition coefficient (Wildman–Crippen LogP) is 3.07. The Bertz CT molecular complexity index is 694. The van der Waals surface area contributed by atoms with E-state index in [9.17, 15) is 4.79 Å². The molecule has 0 aliphatic carbocycles. The number of carbonyl (C=O) groups excluding carboxylic acids is 1. The molecule has 0 fully saturated rings. The number of benzene rings is 1. The highest BCUT2D eigenvalue weighted by atomic mass is 32.1. The van der Waals surface area contributed by atoms with Crippen LogP contribution in [0.1, 0.15) is 26.5 Å². The Balaban J connectivity index is 2.17. The van der Waals surface area contributed by atoms with Crippen molar-refractivity contribution in [2.45, 2.75) is 13.3 Å². The first kappa shape index (κ1) is 15.3. The molecule has 4 heteroatoms. The van der Waals surface area contributed by atoms with Crippen LogP contribution in [0.3, 0.4) is 0 Å². The summed E-state index contributed by atoms with van der Waals surface area (Å²) in [7, 11) is 1.78. The smallest absolute Gasteiger partial charge is 0.268 e. The largest absolute Gasteiger partial charge is 0.395 e. The lowest BCUT2D eigenvalue weighted by atomic mass is 10.2. The number of rotatable bonds is 3. The van der Waals surface area contributed by atoms with Crippen molar-refractivity contribution in [3.63, 3.8) is 0 Å². The highest BCUT2D eigenvalue weighted by molar-refractivity contribution is 7.14. The second-order valence-electron chi connectivity index (χ2n) is 4.59. The Morgan fingerprint density at radius 3 is 2.76 bits per heavy atom. The second-order valence-corrected chi connectivity index (χ2v) is 5.67. The number of para-hydroxylation sites is 1. The van der Waals surface area contributed by atoms with Crippen molar-refractivity contribution in [1.82, 2.24) is 0 Å². The molecule has 3 nitrogen and oxygen atoms in total. The Morgan fingerprint density at radius 2 is 2.05 bits per heavy atom. The van der Waals surface area contributed by atoms with E-state index in [-0.39, 0.29) is 12.5 Å². The van der Waals surface area contributed by atoms with Crippen LogP contribution < -0.4 is 4.90 Å². The molecule has 1 aromatic heterocycles. The summed E-state index contributed by atoms with van der Waals surface area (Å²) in [5, 5.41) is 8.70. The van der Waals surface area contributed by atoms with Gasteiger partial charge < -0.3 is 10.0 Å². The van der Waals surface area contributed by atoms with E-state index in [1.165, 1.54) is 11.3 Å². The average molecular weight is 299 g/mol. The summed E-state index contributed by atoms with van der Waals surface area (Å²) >= 11 is 1.37. The second kappa shape index (κ2) is 7.07. The summed E-state index contributed by atoms with van der Waals surface area (Å²) in [6.07, 6.45) is 0.449. The monoisotopic (exact) mass is 299 g/mol. The van der Waals surface area contributed by atoms with Gasteiger partial charge in [0.2, 0.25) is 0 Å². The maximum atomic E-state index is 12.5. The number of amides is 1. The first-order chi connectivity index (χ1) is 10.1. The summed E-state index contributed by atoms with van der Waals surface area (Å²) in [6.45, 7) is 2.04. The Hall–Kier alpha value is -2.09. The number of hydrogen-bond acceptors (Lipinski definition) is 3. The van der Waals surface area contributed by atoms with Crippen molar-refractivity contribution in [2.75, 3.05) is 18.6 Å². The normalized spacial score (nSPS) is 9.86. The maximum Gasteiger partial charge on any atom is 0.268 e. The van der Waals surface area contributed by atoms with E-state index >= 15 is 0 Å². The van der Waals surface area contributed by atoms with E-state index in [1.807, 2.05) is 37.3 Å². The van der Waals surface area contributed by atoms with Gasteiger partial charge >= 0.3 is 0 Å². The number of aliphatic hydroxyl groups is 1. The molecule has 0 aliphatic heterocycles. The third-order valence-electron chi connectivity index (χ3n) is 3.05. The van der Waals surface area contributed by atoms with Crippen LogP contribution in [0.15, 0.2) is 36.4 Å². The van der Waals surface area contributed by atoms with Crippen LogP contribution in [0.25, 0.3) is 0 Å². The first-order valence-electron chi connectivity index (χ1n) is 6.66. The van der Waals surface area contributed by atoms with E-state index in [0.29, 0.717) is 11.3 Å². The van der Waals surface area contributed by atoms with Crippen LogP contribution in [0.2, 0.25) is 0 Å². The van der Waals surface area contributed by atoms with E-state index in [0.717, 1.165) is 16.1 Å². The summed E-state index contributed by atoms with van der Waals surface area (Å²) in [4.78, 5) is 15.6. The zero-order chi connectivity index (χ0) is 15.2. The van der Waals surface area contributed by atoms with Gasteiger partial charge in [-0.2, -0.15) is 0 Å². The summed E-state index contributed by atoms with van der Waals surface area (Å²) < 4.78 is 0. The Labute approximate surface area is 128 Å². The zero-order valence-corrected chi connectivity index (χ0v) is 12.9. The fraction of sp³-hybridized carbons (Fsp3) is 0.235. The van der Waals surface area contributed by atoms with Gasteiger partial charge in [-0.3, -0.25) is 4.79 Å². The van der Waals surface area contributed by atoms with Crippen molar-refractivity contribution < 1.29 is 9.90 Å². The van der Waals surface area contributed by atoms with Crippen LogP contribution in [-0.4, -0.2) is 24.7 Å². The molecular weight excluding hydrogens is 282 g/mol. The lowest BCUT2D eigenvalue weighted by molar-refractivity contribution is 0.0996. The molecule has 1 aromatic carbocycles. The lowest BCUT2D eigenvalue weighted by Gasteiger charge is -2.18. The minimum absolute atomic E-state index is 0.0375. The molecule has 2 aromatic rings. The fourth-order valence-electron chi connectivity index (χ4n) is 1.94. The molecule has 0 spiro atoms. The molecule has 108 valence electrons. The Kier molecular flexibility index (Phi) is 5.15. The molecule has 0 saturated heterocycles. The summed E-state index contributed by atoms with van der Waals surface area (Å²) in [5.74, 6) is 5.77. The van der Waals surface area contributed by atoms with Crippen molar-refractivity contribution in [2.24, 2.45) is 0 Å². The molecule has 0 radical (unpaired) electrons. The first-order valence-corrected chi connectivity index (χ1v) is 7.48. The average Bonchev–Trinajstić information content (AvgIpc) is 2.95. The van der Waals surface area contributed by atoms with Gasteiger partial charge in [-0.1, -0.05) is 30.0 Å². The number of aliphatic hydroxyl groups excluding tert-OH is 1. The van der Waals surface area contributed by atoms with E-state index in [4.69, 9.17) is 5.11 Å². The van der Waals surface area contributed by atoms with Gasteiger partial charge in [0.15, 0.2) is 0 Å². The topological polar surface area (TPSA) is 40.5 Å². The SMILES string of the molecule is Cc1ccccc1N(C)C(=O)c1ccc(C#CCCO)s1. The van der Waals surface area contributed by atoms with Crippen molar-refractivity contribution in [1.29, 1.82) is 0 Å². The molecule has 0 aliphatic rings. The van der Waals surface area contributed by atoms with Gasteiger partial charge in [-0.05, 0) is 30.7 Å². The molecule has 1 N–H and O–H groups in total. The van der Waals surface area contributed by atoms with Crippen LogP contribution in [-0.2, 0) is 0 Å². The third kappa shape index (κ3) is 3.72. The van der Waals surface area contributed by atoms with Crippen molar-refractivity contribution in [3.05, 3.63) is 51.7 Å². The summed E-state index contributed by atoms with van der Waals surface area (Å²) in [6, 6.07) is 11.4. The fourth-order valence-corrected chi connectivity index (χ4v) is 2.80. The summed E-state index contributed by atoms with van der Waals surface area (Å²) in [5.41, 5.74) is 1.97. The van der Waals surface area contributed by atoms with E-state index in [2.05, 4.69) is 11.8 Å². The minimum atomic E-state index is -0.0375. The molecule has 0 bridgehead atoms. The lowest BCUT2D eigenvalue weighted by Crippen LogP contribution is -2.25. The molecule has 0 unspecified atom stereocenters. The zero-order valence-electron chi connectivity index (χ0n) is 12.1. The number of anilines is 1. The predicted molar refractivity (Wildman–Crippen MR) is 86.8 cm³/mol. The molecule has 1 heterocycles. The molecule has 1 amide bonds. The van der Waals surface area contributed by atoms with Crippen LogP contribution in [0, 0.1) is 18.8 Å². The van der Waals surface area contributed by atoms with Gasteiger partial charge in [0.1, 0.15) is 0 Å². The van der Waals surface area contributed by atoms with Crippen LogP contribution in [0.4, 0.5) is 5.69 Å².